The van der Waals surface area contributed by atoms with E-state index in [2.05, 4.69) is 15.5 Å². The number of hydrogen-bond donors (Lipinski definition) is 1. The third-order valence-corrected chi connectivity index (χ3v) is 3.60. The van der Waals surface area contributed by atoms with Gasteiger partial charge in [-0.05, 0) is 43.3 Å². The van der Waals surface area contributed by atoms with E-state index in [1.54, 1.807) is 24.3 Å². The number of amides is 1. The Hall–Kier alpha value is -3.46. The third-order valence-electron chi connectivity index (χ3n) is 3.60. The molecule has 1 heterocycles. The second kappa shape index (κ2) is 7.41. The fourth-order valence-electron chi connectivity index (χ4n) is 2.32. The van der Waals surface area contributed by atoms with E-state index in [9.17, 15) is 4.79 Å². The molecule has 0 radical (unpaired) electrons. The van der Waals surface area contributed by atoms with Gasteiger partial charge in [-0.2, -0.15) is 5.26 Å². The molecule has 0 fully saturated rings. The number of nitrogens with one attached hydrogen (secondary N) is 1. The van der Waals surface area contributed by atoms with Crippen molar-refractivity contribution in [1.82, 2.24) is 10.2 Å². The maximum atomic E-state index is 12.0. The quantitative estimate of drug-likeness (QED) is 0.772. The van der Waals surface area contributed by atoms with Crippen molar-refractivity contribution in [2.24, 2.45) is 0 Å². The van der Waals surface area contributed by atoms with E-state index < -0.39 is 0 Å². The maximum absolute atomic E-state index is 12.0. The van der Waals surface area contributed by atoms with Gasteiger partial charge in [-0.15, -0.1) is 10.2 Å². The minimum atomic E-state index is -0.153. The van der Waals surface area contributed by atoms with Crippen molar-refractivity contribution in [2.75, 3.05) is 5.32 Å². The largest absolute Gasteiger partial charge is 0.421 e. The second-order valence-electron chi connectivity index (χ2n) is 5.61. The highest BCUT2D eigenvalue weighted by Crippen LogP contribution is 2.19. The van der Waals surface area contributed by atoms with Gasteiger partial charge in [0.25, 0.3) is 0 Å². The molecule has 0 saturated carbocycles. The van der Waals surface area contributed by atoms with Crippen LogP contribution in [0.1, 0.15) is 23.4 Å². The number of anilines is 1. The highest BCUT2D eigenvalue weighted by molar-refractivity contribution is 5.90. The van der Waals surface area contributed by atoms with Gasteiger partial charge in [0.15, 0.2) is 0 Å². The Morgan fingerprint density at radius 2 is 2.00 bits per heavy atom. The van der Waals surface area contributed by atoms with Crippen molar-refractivity contribution in [1.29, 1.82) is 5.26 Å². The summed E-state index contributed by atoms with van der Waals surface area (Å²) >= 11 is 0. The molecule has 0 saturated heterocycles. The molecule has 1 aromatic heterocycles. The zero-order valence-corrected chi connectivity index (χ0v) is 13.7. The Morgan fingerprint density at radius 3 is 2.72 bits per heavy atom. The third kappa shape index (κ3) is 4.30. The second-order valence-corrected chi connectivity index (χ2v) is 5.61. The number of rotatable bonds is 5. The summed E-state index contributed by atoms with van der Waals surface area (Å²) in [5.74, 6) is 0.720. The van der Waals surface area contributed by atoms with Crippen LogP contribution in [0, 0.1) is 18.3 Å². The van der Waals surface area contributed by atoms with E-state index >= 15 is 0 Å². The summed E-state index contributed by atoms with van der Waals surface area (Å²) in [6.07, 6.45) is 0.594. The maximum Gasteiger partial charge on any atom is 0.247 e. The molecule has 2 aromatic carbocycles. The fourth-order valence-corrected chi connectivity index (χ4v) is 2.32. The predicted octanol–water partition coefficient (Wildman–Crippen LogP) is 3.49. The van der Waals surface area contributed by atoms with Crippen molar-refractivity contribution in [2.45, 2.75) is 19.8 Å². The predicted molar refractivity (Wildman–Crippen MR) is 92.6 cm³/mol. The van der Waals surface area contributed by atoms with Crippen LogP contribution in [-0.2, 0) is 11.2 Å². The van der Waals surface area contributed by atoms with Gasteiger partial charge in [0.1, 0.15) is 0 Å². The molecular formula is C19H16N4O2. The summed E-state index contributed by atoms with van der Waals surface area (Å²) in [7, 11) is 0. The number of aryl methyl sites for hydroxylation is 2. The zero-order chi connectivity index (χ0) is 17.6. The summed E-state index contributed by atoms with van der Waals surface area (Å²) in [6, 6.07) is 16.5. The SMILES string of the molecule is Cc1cccc(-c2nnc(CCC(=O)Nc3ccc(C#N)cc3)o2)c1. The van der Waals surface area contributed by atoms with E-state index in [0.29, 0.717) is 29.5 Å². The lowest BCUT2D eigenvalue weighted by Gasteiger charge is -2.03. The van der Waals surface area contributed by atoms with Crippen molar-refractivity contribution in [3.63, 3.8) is 0 Å². The lowest BCUT2D eigenvalue weighted by molar-refractivity contribution is -0.116. The van der Waals surface area contributed by atoms with E-state index in [1.165, 1.54) is 0 Å². The van der Waals surface area contributed by atoms with Crippen LogP contribution in [0.2, 0.25) is 0 Å². The molecule has 3 rings (SSSR count). The van der Waals surface area contributed by atoms with E-state index in [1.807, 2.05) is 37.3 Å². The number of aromatic nitrogens is 2. The van der Waals surface area contributed by atoms with Crippen LogP contribution in [0.25, 0.3) is 11.5 Å². The number of hydrogen-bond acceptors (Lipinski definition) is 5. The number of carbonyl (C=O) groups excluding carboxylic acids is 1. The molecule has 0 bridgehead atoms. The van der Waals surface area contributed by atoms with Crippen molar-refractivity contribution in [3.8, 4) is 17.5 Å². The van der Waals surface area contributed by atoms with Crippen LogP contribution in [0.5, 0.6) is 0 Å². The van der Waals surface area contributed by atoms with Crippen molar-refractivity contribution in [3.05, 3.63) is 65.5 Å². The average Bonchev–Trinajstić information content (AvgIpc) is 3.10. The number of nitrogens with zero attached hydrogens (tertiary/aromatic N) is 3. The molecule has 0 spiro atoms. The number of benzene rings is 2. The lowest BCUT2D eigenvalue weighted by Crippen LogP contribution is -2.12. The molecule has 0 aliphatic heterocycles. The molecule has 6 heteroatoms. The molecule has 3 aromatic rings. The molecule has 0 aliphatic rings. The summed E-state index contributed by atoms with van der Waals surface area (Å²) < 4.78 is 5.62. The molecule has 124 valence electrons. The van der Waals surface area contributed by atoms with Crippen LogP contribution in [0.15, 0.2) is 52.9 Å². The molecule has 6 nitrogen and oxygen atoms in total. The first-order valence-electron chi connectivity index (χ1n) is 7.83. The number of nitriles is 1. The molecule has 0 aliphatic carbocycles. The Balaban J connectivity index is 1.56. The van der Waals surface area contributed by atoms with Crippen LogP contribution in [0.4, 0.5) is 5.69 Å². The average molecular weight is 332 g/mol. The summed E-state index contributed by atoms with van der Waals surface area (Å²) in [5.41, 5.74) is 3.17. The smallest absolute Gasteiger partial charge is 0.247 e. The van der Waals surface area contributed by atoms with Crippen LogP contribution in [0.3, 0.4) is 0 Å². The first-order valence-corrected chi connectivity index (χ1v) is 7.83. The normalized spacial score (nSPS) is 10.2. The molecule has 25 heavy (non-hydrogen) atoms. The number of carbonyl (C=O) groups is 1. The van der Waals surface area contributed by atoms with Gasteiger partial charge in [-0.25, -0.2) is 0 Å². The Morgan fingerprint density at radius 1 is 1.20 bits per heavy atom. The Kier molecular flexibility index (Phi) is 4.86. The summed E-state index contributed by atoms with van der Waals surface area (Å²) in [5, 5.41) is 19.6. The highest BCUT2D eigenvalue weighted by Gasteiger charge is 2.11. The summed E-state index contributed by atoms with van der Waals surface area (Å²) in [6.45, 7) is 1.99. The minimum absolute atomic E-state index is 0.153. The van der Waals surface area contributed by atoms with Gasteiger partial charge in [0.05, 0.1) is 11.6 Å². The standard InChI is InChI=1S/C19H16N4O2/c1-13-3-2-4-15(11-13)19-23-22-18(25-19)10-9-17(24)21-16-7-5-14(12-20)6-8-16/h2-8,11H,9-10H2,1H3,(H,21,24). The van der Waals surface area contributed by atoms with Crippen molar-refractivity contribution >= 4 is 11.6 Å². The molecule has 0 atom stereocenters. The molecule has 0 unspecified atom stereocenters. The van der Waals surface area contributed by atoms with E-state index in [-0.39, 0.29) is 12.3 Å². The van der Waals surface area contributed by atoms with Crippen LogP contribution < -0.4 is 5.32 Å². The zero-order valence-electron chi connectivity index (χ0n) is 13.7. The van der Waals surface area contributed by atoms with Gasteiger partial charge >= 0.3 is 0 Å². The van der Waals surface area contributed by atoms with Crippen molar-refractivity contribution < 1.29 is 9.21 Å². The van der Waals surface area contributed by atoms with Crippen LogP contribution >= 0.6 is 0 Å². The van der Waals surface area contributed by atoms with Gasteiger partial charge in [0, 0.05) is 24.1 Å². The molecular weight excluding hydrogens is 316 g/mol. The van der Waals surface area contributed by atoms with Gasteiger partial charge in [-0.1, -0.05) is 17.7 Å². The van der Waals surface area contributed by atoms with Gasteiger partial charge in [-0.3, -0.25) is 4.79 Å². The fraction of sp³-hybridized carbons (Fsp3) is 0.158. The highest BCUT2D eigenvalue weighted by atomic mass is 16.4. The summed E-state index contributed by atoms with van der Waals surface area (Å²) in [4.78, 5) is 12.0. The van der Waals surface area contributed by atoms with Gasteiger partial charge in [0.2, 0.25) is 17.7 Å². The lowest BCUT2D eigenvalue weighted by atomic mass is 10.1. The van der Waals surface area contributed by atoms with Crippen LogP contribution in [-0.4, -0.2) is 16.1 Å². The van der Waals surface area contributed by atoms with E-state index in [0.717, 1.165) is 11.1 Å². The topological polar surface area (TPSA) is 91.8 Å². The molecule has 1 amide bonds. The minimum Gasteiger partial charge on any atom is -0.421 e. The monoisotopic (exact) mass is 332 g/mol. The van der Waals surface area contributed by atoms with E-state index in [4.69, 9.17) is 9.68 Å². The Labute approximate surface area is 145 Å². The Bertz CT molecular complexity index is 923. The first-order chi connectivity index (χ1) is 12.1. The first kappa shape index (κ1) is 16.4. The van der Waals surface area contributed by atoms with Gasteiger partial charge < -0.3 is 9.73 Å². The molecule has 1 N–H and O–H groups in total.